The number of hydrogen-bond acceptors (Lipinski definition) is 3. The highest BCUT2D eigenvalue weighted by atomic mass is 79.9. The van der Waals surface area contributed by atoms with Gasteiger partial charge >= 0.3 is 0 Å². The van der Waals surface area contributed by atoms with Crippen LogP contribution in [0.3, 0.4) is 0 Å². The Bertz CT molecular complexity index is 751. The molecule has 0 amide bonds. The van der Waals surface area contributed by atoms with E-state index in [-0.39, 0.29) is 10.6 Å². The van der Waals surface area contributed by atoms with Crippen molar-refractivity contribution in [2.75, 3.05) is 13.7 Å². The minimum Gasteiger partial charge on any atom is -0.494 e. The molecule has 1 N–H and O–H groups in total. The van der Waals surface area contributed by atoms with Gasteiger partial charge in [0.1, 0.15) is 4.90 Å². The molecule has 0 aliphatic heterocycles. The fourth-order valence-electron chi connectivity index (χ4n) is 1.99. The third-order valence-electron chi connectivity index (χ3n) is 3.02. The maximum atomic E-state index is 12.4. The van der Waals surface area contributed by atoms with Crippen molar-refractivity contribution in [2.24, 2.45) is 0 Å². The van der Waals surface area contributed by atoms with Gasteiger partial charge in [-0.25, -0.2) is 13.1 Å². The van der Waals surface area contributed by atoms with Crippen LogP contribution < -0.4 is 9.46 Å². The van der Waals surface area contributed by atoms with Gasteiger partial charge in [-0.1, -0.05) is 41.9 Å². The molecule has 2 rings (SSSR count). The van der Waals surface area contributed by atoms with Gasteiger partial charge in [-0.2, -0.15) is 0 Å². The van der Waals surface area contributed by atoms with Crippen LogP contribution in [-0.2, 0) is 16.4 Å². The molecule has 2 aromatic rings. The number of hydrogen-bond donors (Lipinski definition) is 1. The fraction of sp³-hybridized carbons (Fsp3) is 0.200. The van der Waals surface area contributed by atoms with Crippen molar-refractivity contribution in [1.29, 1.82) is 0 Å². The van der Waals surface area contributed by atoms with Crippen molar-refractivity contribution in [2.45, 2.75) is 11.3 Å². The van der Waals surface area contributed by atoms with Crippen LogP contribution >= 0.6 is 27.5 Å². The van der Waals surface area contributed by atoms with Gasteiger partial charge in [-0.05, 0) is 40.0 Å². The molecular weight excluding hydrogens is 390 g/mol. The first-order valence-corrected chi connectivity index (χ1v) is 9.16. The van der Waals surface area contributed by atoms with E-state index in [0.717, 1.165) is 5.56 Å². The highest BCUT2D eigenvalue weighted by molar-refractivity contribution is 9.10. The Morgan fingerprint density at radius 1 is 1.23 bits per heavy atom. The van der Waals surface area contributed by atoms with Gasteiger partial charge in [0.2, 0.25) is 10.0 Å². The predicted molar refractivity (Wildman–Crippen MR) is 91.0 cm³/mol. The SMILES string of the molecule is COc1c(Br)cc(Cl)cc1S(=O)(=O)NCCc1ccccc1. The van der Waals surface area contributed by atoms with E-state index in [1.807, 2.05) is 30.3 Å². The van der Waals surface area contributed by atoms with Gasteiger partial charge in [-0.15, -0.1) is 0 Å². The van der Waals surface area contributed by atoms with Crippen LogP contribution in [0.15, 0.2) is 51.8 Å². The summed E-state index contributed by atoms with van der Waals surface area (Å²) in [5.41, 5.74) is 1.06. The van der Waals surface area contributed by atoms with Crippen LogP contribution in [0.25, 0.3) is 0 Å². The van der Waals surface area contributed by atoms with Gasteiger partial charge < -0.3 is 4.74 Å². The summed E-state index contributed by atoms with van der Waals surface area (Å²) in [5, 5.41) is 0.316. The van der Waals surface area contributed by atoms with Crippen molar-refractivity contribution in [3.63, 3.8) is 0 Å². The predicted octanol–water partition coefficient (Wildman–Crippen LogP) is 3.63. The largest absolute Gasteiger partial charge is 0.494 e. The van der Waals surface area contributed by atoms with Crippen molar-refractivity contribution in [1.82, 2.24) is 4.72 Å². The van der Waals surface area contributed by atoms with Crippen molar-refractivity contribution in [3.05, 3.63) is 57.5 Å². The number of rotatable bonds is 6. The Balaban J connectivity index is 2.17. The van der Waals surface area contributed by atoms with E-state index in [2.05, 4.69) is 20.7 Å². The fourth-order valence-corrected chi connectivity index (χ4v) is 4.40. The average Bonchev–Trinajstić information content (AvgIpc) is 2.47. The quantitative estimate of drug-likeness (QED) is 0.800. The second kappa shape index (κ2) is 7.46. The molecule has 7 heteroatoms. The molecule has 0 saturated carbocycles. The van der Waals surface area contributed by atoms with E-state index in [4.69, 9.17) is 16.3 Å². The Morgan fingerprint density at radius 3 is 2.55 bits per heavy atom. The maximum absolute atomic E-state index is 12.4. The van der Waals surface area contributed by atoms with Gasteiger partial charge in [0.25, 0.3) is 0 Å². The lowest BCUT2D eigenvalue weighted by atomic mass is 10.2. The molecule has 0 heterocycles. The van der Waals surface area contributed by atoms with Crippen molar-refractivity contribution < 1.29 is 13.2 Å². The summed E-state index contributed by atoms with van der Waals surface area (Å²) in [6, 6.07) is 12.6. The molecule has 0 unspecified atom stereocenters. The number of nitrogens with one attached hydrogen (secondary N) is 1. The van der Waals surface area contributed by atoms with Crippen LogP contribution in [0.4, 0.5) is 0 Å². The summed E-state index contributed by atoms with van der Waals surface area (Å²) in [6.07, 6.45) is 0.601. The summed E-state index contributed by atoms with van der Waals surface area (Å²) < 4.78 is 33.1. The molecule has 0 radical (unpaired) electrons. The van der Waals surface area contributed by atoms with Crippen LogP contribution in [0.5, 0.6) is 5.75 Å². The van der Waals surface area contributed by atoms with E-state index < -0.39 is 10.0 Å². The lowest BCUT2D eigenvalue weighted by molar-refractivity contribution is 0.399. The van der Waals surface area contributed by atoms with E-state index in [1.54, 1.807) is 6.07 Å². The molecule has 0 saturated heterocycles. The van der Waals surface area contributed by atoms with E-state index in [9.17, 15) is 8.42 Å². The summed E-state index contributed by atoms with van der Waals surface area (Å²) in [4.78, 5) is 0.0161. The molecular formula is C15H15BrClNO3S. The topological polar surface area (TPSA) is 55.4 Å². The molecule has 0 aliphatic carbocycles. The van der Waals surface area contributed by atoms with E-state index in [0.29, 0.717) is 22.5 Å². The first-order valence-electron chi connectivity index (χ1n) is 6.50. The van der Waals surface area contributed by atoms with Crippen LogP contribution in [0.2, 0.25) is 5.02 Å². The number of ether oxygens (including phenoxy) is 1. The molecule has 0 aliphatic rings. The van der Waals surface area contributed by atoms with Gasteiger partial charge in [0.15, 0.2) is 5.75 Å². The normalized spacial score (nSPS) is 11.4. The minimum absolute atomic E-state index is 0.0161. The Kier molecular flexibility index (Phi) is 5.86. The Labute approximate surface area is 143 Å². The molecule has 2 aromatic carbocycles. The van der Waals surface area contributed by atoms with Crippen LogP contribution in [0, 0.1) is 0 Å². The average molecular weight is 405 g/mol. The zero-order chi connectivity index (χ0) is 16.2. The second-order valence-corrected chi connectivity index (χ2v) is 7.58. The maximum Gasteiger partial charge on any atom is 0.244 e. The van der Waals surface area contributed by atoms with Crippen LogP contribution in [-0.4, -0.2) is 22.1 Å². The van der Waals surface area contributed by atoms with E-state index in [1.165, 1.54) is 13.2 Å². The summed E-state index contributed by atoms with van der Waals surface area (Å²) in [7, 11) is -2.29. The van der Waals surface area contributed by atoms with Crippen molar-refractivity contribution in [3.8, 4) is 5.75 Å². The third-order valence-corrected chi connectivity index (χ3v) is 5.29. The second-order valence-electron chi connectivity index (χ2n) is 4.55. The molecule has 22 heavy (non-hydrogen) atoms. The Hall–Kier alpha value is -1.08. The van der Waals surface area contributed by atoms with Gasteiger partial charge in [0, 0.05) is 11.6 Å². The first-order chi connectivity index (χ1) is 10.4. The number of sulfonamides is 1. The highest BCUT2D eigenvalue weighted by Gasteiger charge is 2.22. The van der Waals surface area contributed by atoms with Crippen LogP contribution in [0.1, 0.15) is 5.56 Å². The zero-order valence-corrected chi connectivity index (χ0v) is 15.0. The molecule has 0 spiro atoms. The molecule has 0 fully saturated rings. The van der Waals surface area contributed by atoms with Gasteiger partial charge in [0.05, 0.1) is 11.6 Å². The standard InChI is InChI=1S/C15H15BrClNO3S/c1-21-15-13(16)9-12(17)10-14(15)22(19,20)18-8-7-11-5-3-2-4-6-11/h2-6,9-10,18H,7-8H2,1H3. The number of benzene rings is 2. The lowest BCUT2D eigenvalue weighted by Crippen LogP contribution is -2.26. The summed E-state index contributed by atoms with van der Waals surface area (Å²) in [6.45, 7) is 0.291. The van der Waals surface area contributed by atoms with E-state index >= 15 is 0 Å². The lowest BCUT2D eigenvalue weighted by Gasteiger charge is -2.12. The highest BCUT2D eigenvalue weighted by Crippen LogP contribution is 2.35. The molecule has 118 valence electrons. The number of methoxy groups -OCH3 is 1. The monoisotopic (exact) mass is 403 g/mol. The smallest absolute Gasteiger partial charge is 0.244 e. The van der Waals surface area contributed by atoms with Gasteiger partial charge in [-0.3, -0.25) is 0 Å². The number of halogens is 2. The van der Waals surface area contributed by atoms with Crippen molar-refractivity contribution >= 4 is 37.6 Å². The molecule has 0 atom stereocenters. The summed E-state index contributed by atoms with van der Waals surface area (Å²) in [5.74, 6) is 0.233. The third kappa shape index (κ3) is 4.23. The Morgan fingerprint density at radius 2 is 1.91 bits per heavy atom. The summed E-state index contributed by atoms with van der Waals surface area (Å²) >= 11 is 9.19. The molecule has 4 nitrogen and oxygen atoms in total. The first kappa shape index (κ1) is 17.3. The molecule has 0 bridgehead atoms. The zero-order valence-electron chi connectivity index (χ0n) is 11.8. The molecule has 0 aromatic heterocycles. The minimum atomic E-state index is -3.71.